The summed E-state index contributed by atoms with van der Waals surface area (Å²) in [5, 5.41) is 7.29. The molecule has 17 heavy (non-hydrogen) atoms. The summed E-state index contributed by atoms with van der Waals surface area (Å²) in [6.07, 6.45) is 3.62. The number of hydrogen-bond donors (Lipinski definition) is 1. The maximum Gasteiger partial charge on any atom is 0.165 e. The largest absolute Gasteiger partial charge is 0.454 e. The van der Waals surface area contributed by atoms with E-state index < -0.39 is 0 Å². The minimum atomic E-state index is 0.772. The Morgan fingerprint density at radius 2 is 2.24 bits per heavy atom. The van der Waals surface area contributed by atoms with Crippen LogP contribution in [0, 0.1) is 0 Å². The van der Waals surface area contributed by atoms with Crippen molar-refractivity contribution in [1.29, 1.82) is 0 Å². The first-order chi connectivity index (χ1) is 8.31. The summed E-state index contributed by atoms with van der Waals surface area (Å²) in [4.78, 5) is 0. The van der Waals surface area contributed by atoms with Crippen LogP contribution in [0.3, 0.4) is 0 Å². The van der Waals surface area contributed by atoms with Gasteiger partial charge >= 0.3 is 0 Å². The number of aryl methyl sites for hydroxylation is 1. The third-order valence-electron chi connectivity index (χ3n) is 2.45. The fourth-order valence-electron chi connectivity index (χ4n) is 1.63. The standard InChI is InChI=1S/C13H17N3O/c1-3-16-10-13(9-15-16)17-12-6-4-5-11(7-12)8-14-2/h4-7,9-10,14H,3,8H2,1-2H3. The van der Waals surface area contributed by atoms with Crippen molar-refractivity contribution in [1.82, 2.24) is 15.1 Å². The van der Waals surface area contributed by atoms with Crippen LogP contribution in [0.1, 0.15) is 12.5 Å². The van der Waals surface area contributed by atoms with Crippen LogP contribution in [0.2, 0.25) is 0 Å². The fourth-order valence-corrected chi connectivity index (χ4v) is 1.63. The van der Waals surface area contributed by atoms with Gasteiger partial charge in [-0.25, -0.2) is 0 Å². The molecule has 2 aromatic rings. The maximum absolute atomic E-state index is 5.74. The van der Waals surface area contributed by atoms with E-state index in [0.29, 0.717) is 0 Å². The van der Waals surface area contributed by atoms with Gasteiger partial charge in [0.2, 0.25) is 0 Å². The van der Waals surface area contributed by atoms with Gasteiger partial charge in [-0.15, -0.1) is 0 Å². The average Bonchev–Trinajstić information content (AvgIpc) is 2.78. The van der Waals surface area contributed by atoms with E-state index in [1.54, 1.807) is 6.20 Å². The molecular formula is C13H17N3O. The number of nitrogens with zero attached hydrogens (tertiary/aromatic N) is 2. The van der Waals surface area contributed by atoms with Gasteiger partial charge in [-0.05, 0) is 31.7 Å². The lowest BCUT2D eigenvalue weighted by atomic mass is 10.2. The van der Waals surface area contributed by atoms with Crippen molar-refractivity contribution in [3.8, 4) is 11.5 Å². The van der Waals surface area contributed by atoms with Crippen molar-refractivity contribution < 1.29 is 4.74 Å². The summed E-state index contributed by atoms with van der Waals surface area (Å²) in [7, 11) is 1.93. The third-order valence-corrected chi connectivity index (χ3v) is 2.45. The molecule has 2 rings (SSSR count). The molecule has 0 saturated heterocycles. The first kappa shape index (κ1) is 11.7. The summed E-state index contributed by atoms with van der Waals surface area (Å²) < 4.78 is 7.58. The van der Waals surface area contributed by atoms with E-state index in [1.165, 1.54) is 5.56 Å². The van der Waals surface area contributed by atoms with Crippen LogP contribution in [-0.4, -0.2) is 16.8 Å². The van der Waals surface area contributed by atoms with Crippen LogP contribution in [-0.2, 0) is 13.1 Å². The van der Waals surface area contributed by atoms with Crippen molar-refractivity contribution in [3.63, 3.8) is 0 Å². The Labute approximate surface area is 101 Å². The zero-order valence-corrected chi connectivity index (χ0v) is 10.2. The molecule has 4 nitrogen and oxygen atoms in total. The zero-order valence-electron chi connectivity index (χ0n) is 10.2. The monoisotopic (exact) mass is 231 g/mol. The van der Waals surface area contributed by atoms with Crippen LogP contribution in [0.25, 0.3) is 0 Å². The van der Waals surface area contributed by atoms with Crippen molar-refractivity contribution in [2.45, 2.75) is 20.0 Å². The van der Waals surface area contributed by atoms with E-state index in [9.17, 15) is 0 Å². The minimum absolute atomic E-state index is 0.772. The number of nitrogens with one attached hydrogen (secondary N) is 1. The van der Waals surface area contributed by atoms with Gasteiger partial charge in [0.05, 0.1) is 12.4 Å². The number of hydrogen-bond acceptors (Lipinski definition) is 3. The Hall–Kier alpha value is -1.81. The molecule has 0 atom stereocenters. The number of rotatable bonds is 5. The van der Waals surface area contributed by atoms with E-state index in [-0.39, 0.29) is 0 Å². The second-order valence-corrected chi connectivity index (χ2v) is 3.81. The molecule has 0 unspecified atom stereocenters. The Morgan fingerprint density at radius 3 is 2.94 bits per heavy atom. The highest BCUT2D eigenvalue weighted by molar-refractivity contribution is 5.32. The van der Waals surface area contributed by atoms with Gasteiger partial charge in [-0.2, -0.15) is 5.10 Å². The van der Waals surface area contributed by atoms with Crippen molar-refractivity contribution in [2.75, 3.05) is 7.05 Å². The Balaban J connectivity index is 2.09. The topological polar surface area (TPSA) is 39.1 Å². The van der Waals surface area contributed by atoms with Crippen molar-refractivity contribution in [3.05, 3.63) is 42.2 Å². The first-order valence-corrected chi connectivity index (χ1v) is 5.75. The molecule has 0 amide bonds. The molecule has 0 fully saturated rings. The van der Waals surface area contributed by atoms with Crippen LogP contribution >= 0.6 is 0 Å². The Morgan fingerprint density at radius 1 is 1.35 bits per heavy atom. The highest BCUT2D eigenvalue weighted by Crippen LogP contribution is 2.21. The number of aromatic nitrogens is 2. The molecule has 0 spiro atoms. The van der Waals surface area contributed by atoms with Gasteiger partial charge in [-0.1, -0.05) is 12.1 Å². The van der Waals surface area contributed by atoms with Crippen LogP contribution in [0.4, 0.5) is 0 Å². The molecule has 0 radical (unpaired) electrons. The molecule has 1 heterocycles. The molecule has 90 valence electrons. The lowest BCUT2D eigenvalue weighted by molar-refractivity contribution is 0.480. The number of ether oxygens (including phenoxy) is 1. The second kappa shape index (κ2) is 5.50. The Kier molecular flexibility index (Phi) is 3.77. The predicted molar refractivity (Wildman–Crippen MR) is 67.2 cm³/mol. The molecule has 0 aliphatic heterocycles. The van der Waals surface area contributed by atoms with Gasteiger partial charge in [0, 0.05) is 13.1 Å². The minimum Gasteiger partial charge on any atom is -0.454 e. The molecule has 0 bridgehead atoms. The van der Waals surface area contributed by atoms with E-state index in [2.05, 4.69) is 16.5 Å². The molecule has 0 aliphatic rings. The molecule has 1 N–H and O–H groups in total. The van der Waals surface area contributed by atoms with Gasteiger partial charge in [-0.3, -0.25) is 4.68 Å². The van der Waals surface area contributed by atoms with Gasteiger partial charge in [0.15, 0.2) is 5.75 Å². The smallest absolute Gasteiger partial charge is 0.165 e. The van der Waals surface area contributed by atoms with E-state index in [0.717, 1.165) is 24.6 Å². The van der Waals surface area contributed by atoms with Gasteiger partial charge in [0.1, 0.15) is 5.75 Å². The van der Waals surface area contributed by atoms with Crippen molar-refractivity contribution in [2.24, 2.45) is 0 Å². The fraction of sp³-hybridized carbons (Fsp3) is 0.308. The second-order valence-electron chi connectivity index (χ2n) is 3.81. The summed E-state index contributed by atoms with van der Waals surface area (Å²) >= 11 is 0. The van der Waals surface area contributed by atoms with Crippen LogP contribution in [0.5, 0.6) is 11.5 Å². The Bertz CT molecular complexity index is 479. The SMILES string of the molecule is CCn1cc(Oc2cccc(CNC)c2)cn1. The molecule has 0 aliphatic carbocycles. The van der Waals surface area contributed by atoms with E-state index >= 15 is 0 Å². The summed E-state index contributed by atoms with van der Waals surface area (Å²) in [5.74, 6) is 1.61. The van der Waals surface area contributed by atoms with Gasteiger partial charge in [0.25, 0.3) is 0 Å². The molecular weight excluding hydrogens is 214 g/mol. The summed E-state index contributed by atoms with van der Waals surface area (Å²) in [5.41, 5.74) is 1.20. The normalized spacial score (nSPS) is 10.5. The first-order valence-electron chi connectivity index (χ1n) is 5.75. The van der Waals surface area contributed by atoms with Crippen molar-refractivity contribution >= 4 is 0 Å². The molecule has 4 heteroatoms. The molecule has 0 saturated carbocycles. The van der Waals surface area contributed by atoms with Crippen LogP contribution < -0.4 is 10.1 Å². The lowest BCUT2D eigenvalue weighted by Crippen LogP contribution is -2.04. The van der Waals surface area contributed by atoms with E-state index in [4.69, 9.17) is 4.74 Å². The quantitative estimate of drug-likeness (QED) is 0.859. The zero-order chi connectivity index (χ0) is 12.1. The highest BCUT2D eigenvalue weighted by Gasteiger charge is 2.01. The maximum atomic E-state index is 5.74. The summed E-state index contributed by atoms with van der Waals surface area (Å²) in [6.45, 7) is 3.74. The van der Waals surface area contributed by atoms with E-state index in [1.807, 2.05) is 43.0 Å². The lowest BCUT2D eigenvalue weighted by Gasteiger charge is -2.05. The average molecular weight is 231 g/mol. The van der Waals surface area contributed by atoms with Gasteiger partial charge < -0.3 is 10.1 Å². The molecule has 1 aromatic carbocycles. The summed E-state index contributed by atoms with van der Waals surface area (Å²) in [6, 6.07) is 8.04. The molecule has 1 aromatic heterocycles. The number of benzene rings is 1. The predicted octanol–water partition coefficient (Wildman–Crippen LogP) is 2.41. The third kappa shape index (κ3) is 3.07. The highest BCUT2D eigenvalue weighted by atomic mass is 16.5. The van der Waals surface area contributed by atoms with Crippen LogP contribution in [0.15, 0.2) is 36.7 Å².